The Labute approximate surface area is 92.3 Å². The largest absolute Gasteiger partial charge is 0.481 e. The molecule has 2 N–H and O–H groups in total. The highest BCUT2D eigenvalue weighted by Crippen LogP contribution is 2.45. The summed E-state index contributed by atoms with van der Waals surface area (Å²) in [5.74, 6) is -0.689. The Morgan fingerprint density at radius 3 is 2.40 bits per heavy atom. The average molecular weight is 213 g/mol. The summed E-state index contributed by atoms with van der Waals surface area (Å²) in [5.41, 5.74) is -0.120. The van der Waals surface area contributed by atoms with Crippen molar-refractivity contribution in [3.63, 3.8) is 0 Å². The quantitative estimate of drug-likeness (QED) is 0.754. The van der Waals surface area contributed by atoms with Crippen molar-refractivity contribution in [2.45, 2.75) is 58.4 Å². The number of nitrogens with one attached hydrogen (secondary N) is 1. The second-order valence-corrected chi connectivity index (χ2v) is 5.27. The molecule has 1 saturated carbocycles. The molecule has 1 atom stereocenters. The molecule has 1 unspecified atom stereocenters. The molecule has 0 aromatic heterocycles. The number of hydrogen-bond donors (Lipinski definition) is 2. The van der Waals surface area contributed by atoms with E-state index in [-0.39, 0.29) is 17.4 Å². The third kappa shape index (κ3) is 2.51. The van der Waals surface area contributed by atoms with Crippen molar-refractivity contribution >= 4 is 5.97 Å². The zero-order valence-corrected chi connectivity index (χ0v) is 10.1. The molecule has 0 spiro atoms. The van der Waals surface area contributed by atoms with E-state index in [1.165, 1.54) is 6.42 Å². The third-order valence-electron chi connectivity index (χ3n) is 3.92. The maximum atomic E-state index is 11.0. The molecule has 15 heavy (non-hydrogen) atoms. The SMILES string of the molecule is CCNC1(CC(=O)O)CCCCC1(C)C. The molecule has 0 radical (unpaired) electrons. The first kappa shape index (κ1) is 12.5. The summed E-state index contributed by atoms with van der Waals surface area (Å²) >= 11 is 0. The summed E-state index contributed by atoms with van der Waals surface area (Å²) in [4.78, 5) is 11.0. The Hall–Kier alpha value is -0.570. The van der Waals surface area contributed by atoms with E-state index in [1.807, 2.05) is 6.92 Å². The van der Waals surface area contributed by atoms with Gasteiger partial charge in [-0.05, 0) is 24.8 Å². The van der Waals surface area contributed by atoms with Crippen molar-refractivity contribution < 1.29 is 9.90 Å². The van der Waals surface area contributed by atoms with Gasteiger partial charge in [0.1, 0.15) is 0 Å². The first-order valence-electron chi connectivity index (χ1n) is 5.90. The lowest BCUT2D eigenvalue weighted by molar-refractivity contribution is -0.141. The molecule has 88 valence electrons. The fourth-order valence-corrected chi connectivity index (χ4v) is 2.89. The molecule has 1 fully saturated rings. The van der Waals surface area contributed by atoms with Crippen LogP contribution in [-0.4, -0.2) is 23.2 Å². The summed E-state index contributed by atoms with van der Waals surface area (Å²) < 4.78 is 0. The van der Waals surface area contributed by atoms with Crippen LogP contribution in [0, 0.1) is 5.41 Å². The van der Waals surface area contributed by atoms with Gasteiger partial charge < -0.3 is 10.4 Å². The number of carboxylic acid groups (broad SMARTS) is 1. The smallest absolute Gasteiger partial charge is 0.305 e. The summed E-state index contributed by atoms with van der Waals surface area (Å²) in [6, 6.07) is 0. The number of aliphatic carboxylic acids is 1. The van der Waals surface area contributed by atoms with Crippen molar-refractivity contribution in [2.24, 2.45) is 5.41 Å². The molecule has 3 heteroatoms. The Morgan fingerprint density at radius 1 is 1.33 bits per heavy atom. The molecule has 1 aliphatic rings. The van der Waals surface area contributed by atoms with Gasteiger partial charge in [-0.15, -0.1) is 0 Å². The molecule has 1 aliphatic carbocycles. The van der Waals surface area contributed by atoms with Crippen molar-refractivity contribution in [1.29, 1.82) is 0 Å². The monoisotopic (exact) mass is 213 g/mol. The lowest BCUT2D eigenvalue weighted by Crippen LogP contribution is -2.58. The molecule has 0 heterocycles. The molecular weight excluding hydrogens is 190 g/mol. The van der Waals surface area contributed by atoms with E-state index in [0.717, 1.165) is 25.8 Å². The zero-order valence-electron chi connectivity index (χ0n) is 10.1. The number of carbonyl (C=O) groups is 1. The standard InChI is InChI=1S/C12H23NO2/c1-4-13-12(9-10(14)15)8-6-5-7-11(12,2)3/h13H,4-9H2,1-3H3,(H,14,15). The van der Waals surface area contributed by atoms with Gasteiger partial charge >= 0.3 is 5.97 Å². The van der Waals surface area contributed by atoms with E-state index in [4.69, 9.17) is 5.11 Å². The minimum atomic E-state index is -0.689. The second kappa shape index (κ2) is 4.52. The van der Waals surface area contributed by atoms with E-state index in [1.54, 1.807) is 0 Å². The third-order valence-corrected chi connectivity index (χ3v) is 3.92. The minimum absolute atomic E-state index is 0.0830. The van der Waals surface area contributed by atoms with Crippen molar-refractivity contribution in [2.75, 3.05) is 6.54 Å². The molecule has 0 bridgehead atoms. The molecule has 0 aromatic carbocycles. The lowest BCUT2D eigenvalue weighted by atomic mass is 9.61. The predicted octanol–water partition coefficient (Wildman–Crippen LogP) is 2.41. The highest BCUT2D eigenvalue weighted by atomic mass is 16.4. The van der Waals surface area contributed by atoms with Gasteiger partial charge in [0.25, 0.3) is 0 Å². The minimum Gasteiger partial charge on any atom is -0.481 e. The maximum Gasteiger partial charge on any atom is 0.305 e. The first-order chi connectivity index (χ1) is 6.93. The van der Waals surface area contributed by atoms with Gasteiger partial charge in [-0.3, -0.25) is 4.79 Å². The first-order valence-corrected chi connectivity index (χ1v) is 5.90. The van der Waals surface area contributed by atoms with Crippen LogP contribution < -0.4 is 5.32 Å². The molecule has 1 rings (SSSR count). The van der Waals surface area contributed by atoms with Crippen molar-refractivity contribution in [3.05, 3.63) is 0 Å². The normalized spacial score (nSPS) is 30.1. The van der Waals surface area contributed by atoms with Crippen LogP contribution in [0.3, 0.4) is 0 Å². The summed E-state index contributed by atoms with van der Waals surface area (Å²) in [7, 11) is 0. The predicted molar refractivity (Wildman–Crippen MR) is 60.9 cm³/mol. The van der Waals surface area contributed by atoms with Crippen LogP contribution in [0.15, 0.2) is 0 Å². The summed E-state index contributed by atoms with van der Waals surface area (Å²) in [6.07, 6.45) is 4.71. The van der Waals surface area contributed by atoms with Gasteiger partial charge in [-0.2, -0.15) is 0 Å². The van der Waals surface area contributed by atoms with Crippen LogP contribution in [0.4, 0.5) is 0 Å². The van der Waals surface area contributed by atoms with Gasteiger partial charge in [-0.25, -0.2) is 0 Å². The van der Waals surface area contributed by atoms with E-state index >= 15 is 0 Å². The van der Waals surface area contributed by atoms with E-state index in [9.17, 15) is 4.79 Å². The Balaban J connectivity index is 2.89. The van der Waals surface area contributed by atoms with Gasteiger partial charge in [0.05, 0.1) is 6.42 Å². The van der Waals surface area contributed by atoms with Crippen molar-refractivity contribution in [1.82, 2.24) is 5.32 Å². The topological polar surface area (TPSA) is 49.3 Å². The fourth-order valence-electron chi connectivity index (χ4n) is 2.89. The van der Waals surface area contributed by atoms with Gasteiger partial charge in [0.2, 0.25) is 0 Å². The lowest BCUT2D eigenvalue weighted by Gasteiger charge is -2.50. The van der Waals surface area contributed by atoms with Gasteiger partial charge in [0.15, 0.2) is 0 Å². The molecule has 3 nitrogen and oxygen atoms in total. The van der Waals surface area contributed by atoms with Crippen LogP contribution in [0.1, 0.15) is 52.9 Å². The number of rotatable bonds is 4. The molecular formula is C12H23NO2. The molecule has 0 aliphatic heterocycles. The van der Waals surface area contributed by atoms with E-state index in [2.05, 4.69) is 19.2 Å². The van der Waals surface area contributed by atoms with Gasteiger partial charge in [0, 0.05) is 5.54 Å². The maximum absolute atomic E-state index is 11.0. The molecule has 0 aromatic rings. The number of hydrogen-bond acceptors (Lipinski definition) is 2. The van der Waals surface area contributed by atoms with E-state index < -0.39 is 5.97 Å². The average Bonchev–Trinajstić information content (AvgIpc) is 2.09. The highest BCUT2D eigenvalue weighted by Gasteiger charge is 2.47. The van der Waals surface area contributed by atoms with Crippen LogP contribution in [-0.2, 0) is 4.79 Å². The van der Waals surface area contributed by atoms with E-state index in [0.29, 0.717) is 0 Å². The fraction of sp³-hybridized carbons (Fsp3) is 0.917. The van der Waals surface area contributed by atoms with Crippen LogP contribution in [0.5, 0.6) is 0 Å². The molecule has 0 saturated heterocycles. The number of carboxylic acids is 1. The Kier molecular flexibility index (Phi) is 3.77. The van der Waals surface area contributed by atoms with Crippen LogP contribution >= 0.6 is 0 Å². The Bertz CT molecular complexity index is 234. The summed E-state index contributed by atoms with van der Waals surface area (Å²) in [6.45, 7) is 7.28. The zero-order chi connectivity index (χ0) is 11.5. The van der Waals surface area contributed by atoms with Crippen LogP contribution in [0.25, 0.3) is 0 Å². The molecule has 0 amide bonds. The van der Waals surface area contributed by atoms with Gasteiger partial charge in [-0.1, -0.05) is 33.6 Å². The highest BCUT2D eigenvalue weighted by molar-refractivity contribution is 5.68. The summed E-state index contributed by atoms with van der Waals surface area (Å²) in [5, 5.41) is 12.5. The van der Waals surface area contributed by atoms with Crippen molar-refractivity contribution in [3.8, 4) is 0 Å². The Morgan fingerprint density at radius 2 is 1.93 bits per heavy atom. The second-order valence-electron chi connectivity index (χ2n) is 5.27. The van der Waals surface area contributed by atoms with Crippen LogP contribution in [0.2, 0.25) is 0 Å².